The zero-order valence-corrected chi connectivity index (χ0v) is 17.5. The van der Waals surface area contributed by atoms with Crippen LogP contribution in [-0.4, -0.2) is 37.7 Å². The number of rotatable bonds is 7. The molecule has 0 aliphatic heterocycles. The van der Waals surface area contributed by atoms with Gasteiger partial charge in [0.1, 0.15) is 0 Å². The molecule has 0 saturated heterocycles. The second-order valence-corrected chi connectivity index (χ2v) is 9.19. The maximum absolute atomic E-state index is 12.8. The Morgan fingerprint density at radius 2 is 1.62 bits per heavy atom. The van der Waals surface area contributed by atoms with Crippen molar-refractivity contribution in [1.29, 1.82) is 0 Å². The number of benzene rings is 1. The second kappa shape index (κ2) is 7.88. The van der Waals surface area contributed by atoms with Crippen molar-refractivity contribution in [3.05, 3.63) is 23.8 Å². The van der Waals surface area contributed by atoms with Crippen LogP contribution in [0, 0.1) is 17.8 Å². The molecule has 1 N–H and O–H groups in total. The van der Waals surface area contributed by atoms with Crippen molar-refractivity contribution >= 4 is 11.9 Å². The lowest BCUT2D eigenvalue weighted by Crippen LogP contribution is -2.61. The Morgan fingerprint density at radius 3 is 2.17 bits per heavy atom. The Bertz CT molecular complexity index is 754. The summed E-state index contributed by atoms with van der Waals surface area (Å²) >= 11 is 0. The van der Waals surface area contributed by atoms with Gasteiger partial charge in [0.15, 0.2) is 17.6 Å². The van der Waals surface area contributed by atoms with Crippen LogP contribution in [0.2, 0.25) is 0 Å². The van der Waals surface area contributed by atoms with Gasteiger partial charge < -0.3 is 19.5 Å². The van der Waals surface area contributed by atoms with E-state index in [9.17, 15) is 9.59 Å². The van der Waals surface area contributed by atoms with Crippen LogP contribution in [-0.2, 0) is 20.7 Å². The Kier molecular flexibility index (Phi) is 5.45. The number of hydrogen-bond acceptors (Lipinski definition) is 5. The molecule has 0 aromatic heterocycles. The molecule has 6 nitrogen and oxygen atoms in total. The minimum atomic E-state index is -0.796. The predicted molar refractivity (Wildman–Crippen MR) is 108 cm³/mol. The predicted octanol–water partition coefficient (Wildman–Crippen LogP) is 3.26. The number of carbonyl (C=O) groups excluding carboxylic acids is 2. The zero-order chi connectivity index (χ0) is 20.6. The fourth-order valence-electron chi connectivity index (χ4n) is 6.08. The minimum absolute atomic E-state index is 0.0736. The highest BCUT2D eigenvalue weighted by atomic mass is 16.5. The number of hydrogen-bond donors (Lipinski definition) is 1. The molecule has 4 aliphatic carbocycles. The molecule has 4 bridgehead atoms. The lowest BCUT2D eigenvalue weighted by atomic mass is 9.53. The third-order valence-electron chi connectivity index (χ3n) is 6.90. The van der Waals surface area contributed by atoms with Gasteiger partial charge in [0, 0.05) is 5.54 Å². The molecule has 29 heavy (non-hydrogen) atoms. The molecule has 4 aliphatic rings. The van der Waals surface area contributed by atoms with Crippen LogP contribution in [0.25, 0.3) is 0 Å². The number of carbonyl (C=O) groups is 2. The Labute approximate surface area is 172 Å². The molecular weight excluding hydrogens is 370 g/mol. The largest absolute Gasteiger partial charge is 0.493 e. The molecule has 4 fully saturated rings. The molecule has 1 aromatic carbocycles. The third-order valence-corrected chi connectivity index (χ3v) is 6.90. The van der Waals surface area contributed by atoms with Gasteiger partial charge in [0.25, 0.3) is 5.91 Å². The number of amides is 1. The van der Waals surface area contributed by atoms with Crippen molar-refractivity contribution in [3.8, 4) is 11.5 Å². The van der Waals surface area contributed by atoms with Crippen LogP contribution in [0.3, 0.4) is 0 Å². The number of nitrogens with one attached hydrogen (secondary N) is 1. The molecule has 6 heteroatoms. The molecule has 0 heterocycles. The summed E-state index contributed by atoms with van der Waals surface area (Å²) in [5.41, 5.74) is 0.678. The number of ether oxygens (including phenoxy) is 3. The lowest BCUT2D eigenvalue weighted by molar-refractivity contribution is -0.156. The Morgan fingerprint density at radius 1 is 1.03 bits per heavy atom. The molecule has 1 atom stereocenters. The monoisotopic (exact) mass is 401 g/mol. The van der Waals surface area contributed by atoms with Crippen LogP contribution < -0.4 is 14.8 Å². The number of methoxy groups -OCH3 is 2. The van der Waals surface area contributed by atoms with Gasteiger partial charge in [-0.2, -0.15) is 0 Å². The summed E-state index contributed by atoms with van der Waals surface area (Å²) in [4.78, 5) is 25.1. The molecule has 158 valence electrons. The van der Waals surface area contributed by atoms with Crippen molar-refractivity contribution in [2.75, 3.05) is 14.2 Å². The maximum Gasteiger partial charge on any atom is 0.311 e. The molecular formula is C23H31NO5. The molecule has 0 unspecified atom stereocenters. The number of esters is 1. The minimum Gasteiger partial charge on any atom is -0.493 e. The van der Waals surface area contributed by atoms with Crippen LogP contribution in [0.15, 0.2) is 18.2 Å². The first kappa shape index (κ1) is 20.0. The quantitative estimate of drug-likeness (QED) is 0.710. The van der Waals surface area contributed by atoms with E-state index in [4.69, 9.17) is 14.2 Å². The van der Waals surface area contributed by atoms with E-state index in [1.165, 1.54) is 19.3 Å². The first-order valence-corrected chi connectivity index (χ1v) is 10.6. The standard InChI is InChI=1S/C23H31NO5/c1-14(29-21(25)10-15-4-5-19(27-2)20(9-15)28-3)22(26)24-23-11-16-6-17(12-23)8-18(7-16)13-23/h4-5,9,14,16-18H,6-8,10-13H2,1-3H3,(H,24,26)/t14-,16?,17?,18?,23?/m0/s1. The van der Waals surface area contributed by atoms with E-state index in [0.29, 0.717) is 11.5 Å². The summed E-state index contributed by atoms with van der Waals surface area (Å²) in [6.45, 7) is 1.66. The van der Waals surface area contributed by atoms with Gasteiger partial charge in [-0.3, -0.25) is 9.59 Å². The highest BCUT2D eigenvalue weighted by Gasteiger charge is 2.51. The highest BCUT2D eigenvalue weighted by Crippen LogP contribution is 2.55. The average molecular weight is 402 g/mol. The van der Waals surface area contributed by atoms with Crippen LogP contribution in [0.1, 0.15) is 51.0 Å². The fraction of sp³-hybridized carbons (Fsp3) is 0.652. The molecule has 5 rings (SSSR count). The molecule has 1 aromatic rings. The van der Waals surface area contributed by atoms with E-state index in [0.717, 1.165) is 42.6 Å². The maximum atomic E-state index is 12.8. The first-order valence-electron chi connectivity index (χ1n) is 10.6. The van der Waals surface area contributed by atoms with E-state index in [2.05, 4.69) is 5.32 Å². The van der Waals surface area contributed by atoms with Crippen molar-refractivity contribution < 1.29 is 23.8 Å². The highest BCUT2D eigenvalue weighted by molar-refractivity contribution is 5.84. The third kappa shape index (κ3) is 4.21. The van der Waals surface area contributed by atoms with Gasteiger partial charge >= 0.3 is 5.97 Å². The summed E-state index contributed by atoms with van der Waals surface area (Å²) in [5.74, 6) is 2.83. The summed E-state index contributed by atoms with van der Waals surface area (Å²) in [6.07, 6.45) is 6.50. The van der Waals surface area contributed by atoms with Gasteiger partial charge in [-0.05, 0) is 80.9 Å². The summed E-state index contributed by atoms with van der Waals surface area (Å²) in [6, 6.07) is 5.30. The van der Waals surface area contributed by atoms with E-state index >= 15 is 0 Å². The van der Waals surface area contributed by atoms with Crippen LogP contribution in [0.5, 0.6) is 11.5 Å². The van der Waals surface area contributed by atoms with Crippen LogP contribution in [0.4, 0.5) is 0 Å². The van der Waals surface area contributed by atoms with Gasteiger partial charge in [0.05, 0.1) is 20.6 Å². The lowest BCUT2D eigenvalue weighted by Gasteiger charge is -2.57. The van der Waals surface area contributed by atoms with Crippen molar-refractivity contribution in [3.63, 3.8) is 0 Å². The zero-order valence-electron chi connectivity index (χ0n) is 17.5. The van der Waals surface area contributed by atoms with E-state index < -0.39 is 12.1 Å². The van der Waals surface area contributed by atoms with E-state index in [1.807, 2.05) is 0 Å². The molecule has 0 spiro atoms. The average Bonchev–Trinajstić information content (AvgIpc) is 2.66. The van der Waals surface area contributed by atoms with Crippen molar-refractivity contribution in [2.24, 2.45) is 17.8 Å². The summed E-state index contributed by atoms with van der Waals surface area (Å²) in [5, 5.41) is 3.27. The van der Waals surface area contributed by atoms with Crippen molar-refractivity contribution in [2.45, 2.75) is 63.5 Å². The van der Waals surface area contributed by atoms with Gasteiger partial charge in [-0.15, -0.1) is 0 Å². The van der Waals surface area contributed by atoms with Crippen LogP contribution >= 0.6 is 0 Å². The van der Waals surface area contributed by atoms with Crippen molar-refractivity contribution in [1.82, 2.24) is 5.32 Å². The Hall–Kier alpha value is -2.24. The smallest absolute Gasteiger partial charge is 0.311 e. The summed E-state index contributed by atoms with van der Waals surface area (Å²) in [7, 11) is 3.12. The normalized spacial score (nSPS) is 30.5. The molecule has 1 amide bonds. The van der Waals surface area contributed by atoms with E-state index in [-0.39, 0.29) is 17.9 Å². The van der Waals surface area contributed by atoms with Gasteiger partial charge in [-0.25, -0.2) is 0 Å². The molecule has 4 saturated carbocycles. The summed E-state index contributed by atoms with van der Waals surface area (Å²) < 4.78 is 15.9. The SMILES string of the molecule is COc1ccc(CC(=O)O[C@@H](C)C(=O)NC23CC4CC(CC(C4)C2)C3)cc1OC. The second-order valence-electron chi connectivity index (χ2n) is 9.19. The van der Waals surface area contributed by atoms with Gasteiger partial charge in [0.2, 0.25) is 0 Å². The first-order chi connectivity index (χ1) is 13.9. The molecule has 0 radical (unpaired) electrons. The van der Waals surface area contributed by atoms with E-state index in [1.54, 1.807) is 39.3 Å². The van der Waals surface area contributed by atoms with Gasteiger partial charge in [-0.1, -0.05) is 6.07 Å². The topological polar surface area (TPSA) is 73.9 Å². The Balaban J connectivity index is 1.32. The fourth-order valence-corrected chi connectivity index (χ4v) is 6.08.